The molecule has 30 heavy (non-hydrogen) atoms. The molecule has 3 amide bonds. The van der Waals surface area contributed by atoms with Crippen molar-refractivity contribution >= 4 is 34.7 Å². The number of nitrogens with zero attached hydrogens (tertiary/aromatic N) is 2. The number of amides is 3. The van der Waals surface area contributed by atoms with Crippen molar-refractivity contribution in [2.24, 2.45) is 5.92 Å². The van der Waals surface area contributed by atoms with Crippen LogP contribution in [0.3, 0.4) is 0 Å². The third-order valence-corrected chi connectivity index (χ3v) is 4.48. The topological polar surface area (TPSA) is 118 Å². The molecule has 2 heterocycles. The van der Waals surface area contributed by atoms with Crippen molar-refractivity contribution in [3.8, 4) is 0 Å². The molecule has 10 heteroatoms. The average Bonchev–Trinajstić information content (AvgIpc) is 3.03. The minimum Gasteiger partial charge on any atom is -0.459 e. The van der Waals surface area contributed by atoms with Crippen molar-refractivity contribution in [2.75, 3.05) is 17.7 Å². The van der Waals surface area contributed by atoms with Crippen LogP contribution in [-0.4, -0.2) is 29.2 Å². The summed E-state index contributed by atoms with van der Waals surface area (Å²) >= 11 is 0. The molecule has 1 aromatic carbocycles. The zero-order valence-electron chi connectivity index (χ0n) is 16.9. The number of benzene rings is 1. The number of hydrogen-bond donors (Lipinski definition) is 3. The summed E-state index contributed by atoms with van der Waals surface area (Å²) in [5, 5.41) is 8.48. The third kappa shape index (κ3) is 4.65. The Balaban J connectivity index is 1.73. The van der Waals surface area contributed by atoms with E-state index >= 15 is 0 Å². The Bertz CT molecular complexity index is 1060. The van der Waals surface area contributed by atoms with E-state index in [2.05, 4.69) is 30.7 Å². The van der Waals surface area contributed by atoms with Gasteiger partial charge < -0.3 is 19.8 Å². The quantitative estimate of drug-likeness (QED) is 0.569. The number of fused-ring (bicyclic) bond motifs is 1. The summed E-state index contributed by atoms with van der Waals surface area (Å²) < 4.78 is 24.0. The highest BCUT2D eigenvalue weighted by Gasteiger charge is 2.25. The largest absolute Gasteiger partial charge is 0.459 e. The molecular formula is C20H22FN5O4. The fraction of sp³-hybridized carbons (Fsp3) is 0.300. The number of rotatable bonds is 5. The number of methoxy groups -OCH3 is 1. The molecule has 3 rings (SSSR count). The van der Waals surface area contributed by atoms with E-state index in [0.717, 1.165) is 5.56 Å². The lowest BCUT2D eigenvalue weighted by Crippen LogP contribution is -2.35. The fourth-order valence-corrected chi connectivity index (χ4v) is 2.95. The summed E-state index contributed by atoms with van der Waals surface area (Å²) in [5.41, 5.74) is 1.65. The van der Waals surface area contributed by atoms with Gasteiger partial charge in [0.15, 0.2) is 0 Å². The van der Waals surface area contributed by atoms with E-state index in [-0.39, 0.29) is 17.7 Å². The first kappa shape index (κ1) is 21.0. The third-order valence-electron chi connectivity index (χ3n) is 4.48. The highest BCUT2D eigenvalue weighted by molar-refractivity contribution is 5.90. The number of furan rings is 1. The first-order valence-electron chi connectivity index (χ1n) is 9.21. The van der Waals surface area contributed by atoms with Gasteiger partial charge in [-0.3, -0.25) is 5.32 Å². The fourth-order valence-electron chi connectivity index (χ4n) is 2.95. The lowest BCUT2D eigenvalue weighted by atomic mass is 9.98. The molecule has 0 aliphatic carbocycles. The van der Waals surface area contributed by atoms with Gasteiger partial charge in [-0.1, -0.05) is 13.8 Å². The standard InChI is InChI=1S/C20H22FN5O4/c1-10(2)16(17-11(3)14-7-12(21)5-6-15(14)30-17)25-19(27)24-13-8-22-18(23-9-13)26-20(28)29-4/h5-10,16H,1-4H3,(H2,24,25,27)(H,22,23,26,28)/t16-/m0/s1. The van der Waals surface area contributed by atoms with Gasteiger partial charge >= 0.3 is 12.1 Å². The Kier molecular flexibility index (Phi) is 6.14. The molecular weight excluding hydrogens is 393 g/mol. The molecule has 0 aliphatic heterocycles. The molecule has 0 saturated carbocycles. The SMILES string of the molecule is COC(=O)Nc1ncc(NC(=O)N[C@H](c2oc3ccc(F)cc3c2C)C(C)C)cn1. The van der Waals surface area contributed by atoms with Crippen molar-refractivity contribution < 1.29 is 23.1 Å². The molecule has 9 nitrogen and oxygen atoms in total. The second-order valence-electron chi connectivity index (χ2n) is 6.96. The maximum atomic E-state index is 13.6. The van der Waals surface area contributed by atoms with Gasteiger partial charge in [0.1, 0.15) is 17.2 Å². The van der Waals surface area contributed by atoms with Crippen molar-refractivity contribution in [1.82, 2.24) is 15.3 Å². The van der Waals surface area contributed by atoms with Crippen LogP contribution in [0.5, 0.6) is 0 Å². The Hall–Kier alpha value is -3.69. The minimum atomic E-state index is -0.700. The van der Waals surface area contributed by atoms with Crippen molar-refractivity contribution in [3.05, 3.63) is 47.7 Å². The van der Waals surface area contributed by atoms with Gasteiger partial charge in [-0.15, -0.1) is 0 Å². The van der Waals surface area contributed by atoms with Crippen molar-refractivity contribution in [2.45, 2.75) is 26.8 Å². The maximum Gasteiger partial charge on any atom is 0.413 e. The van der Waals surface area contributed by atoms with Crippen molar-refractivity contribution in [1.29, 1.82) is 0 Å². The molecule has 3 N–H and O–H groups in total. The smallest absolute Gasteiger partial charge is 0.413 e. The van der Waals surface area contributed by atoms with Crippen LogP contribution in [0.15, 0.2) is 35.0 Å². The molecule has 0 unspecified atom stereocenters. The van der Waals surface area contributed by atoms with Crippen LogP contribution in [0.2, 0.25) is 0 Å². The van der Waals surface area contributed by atoms with Gasteiger partial charge in [-0.05, 0) is 31.0 Å². The Morgan fingerprint density at radius 3 is 2.50 bits per heavy atom. The number of ether oxygens (including phenoxy) is 1. The van der Waals surface area contributed by atoms with Crippen LogP contribution >= 0.6 is 0 Å². The second-order valence-corrected chi connectivity index (χ2v) is 6.96. The normalized spacial score (nSPS) is 11.9. The lowest BCUT2D eigenvalue weighted by molar-refractivity contribution is 0.186. The zero-order chi connectivity index (χ0) is 21.8. The van der Waals surface area contributed by atoms with Crippen LogP contribution in [0.4, 0.5) is 25.6 Å². The van der Waals surface area contributed by atoms with E-state index < -0.39 is 18.2 Å². The molecule has 0 aliphatic rings. The van der Waals surface area contributed by atoms with Crippen LogP contribution in [0.25, 0.3) is 11.0 Å². The van der Waals surface area contributed by atoms with E-state index in [1.54, 1.807) is 6.07 Å². The number of carbonyl (C=O) groups excluding carboxylic acids is 2. The van der Waals surface area contributed by atoms with E-state index in [1.807, 2.05) is 20.8 Å². The Morgan fingerprint density at radius 2 is 1.87 bits per heavy atom. The summed E-state index contributed by atoms with van der Waals surface area (Å²) in [7, 11) is 1.22. The first-order chi connectivity index (χ1) is 14.3. The molecule has 3 aromatic rings. The van der Waals surface area contributed by atoms with Gasteiger partial charge in [-0.2, -0.15) is 0 Å². The molecule has 0 spiro atoms. The number of halogens is 1. The van der Waals surface area contributed by atoms with E-state index in [1.165, 1.54) is 31.6 Å². The van der Waals surface area contributed by atoms with E-state index in [4.69, 9.17) is 4.42 Å². The van der Waals surface area contributed by atoms with Gasteiger partial charge in [0.25, 0.3) is 0 Å². The Morgan fingerprint density at radius 1 is 1.17 bits per heavy atom. The van der Waals surface area contributed by atoms with E-state index in [9.17, 15) is 14.0 Å². The number of nitrogens with one attached hydrogen (secondary N) is 3. The number of aromatic nitrogens is 2. The number of urea groups is 1. The summed E-state index contributed by atoms with van der Waals surface area (Å²) in [5.74, 6) is 0.255. The average molecular weight is 415 g/mol. The molecule has 0 saturated heterocycles. The summed E-state index contributed by atoms with van der Waals surface area (Å²) in [4.78, 5) is 31.5. The monoisotopic (exact) mass is 415 g/mol. The molecule has 158 valence electrons. The minimum absolute atomic E-state index is 0.00254. The predicted octanol–water partition coefficient (Wildman–Crippen LogP) is 4.37. The van der Waals surface area contributed by atoms with Crippen molar-refractivity contribution in [3.63, 3.8) is 0 Å². The van der Waals surface area contributed by atoms with Crippen LogP contribution in [0, 0.1) is 18.7 Å². The highest BCUT2D eigenvalue weighted by atomic mass is 19.1. The van der Waals surface area contributed by atoms with Gasteiger partial charge in [-0.25, -0.2) is 23.9 Å². The number of hydrogen-bond acceptors (Lipinski definition) is 6. The molecule has 0 fully saturated rings. The molecule has 2 aromatic heterocycles. The lowest BCUT2D eigenvalue weighted by Gasteiger charge is -2.21. The van der Waals surface area contributed by atoms with Gasteiger partial charge in [0.2, 0.25) is 5.95 Å². The second kappa shape index (κ2) is 8.76. The Labute approximate surface area is 172 Å². The van der Waals surface area contributed by atoms with Gasteiger partial charge in [0.05, 0.1) is 31.2 Å². The summed E-state index contributed by atoms with van der Waals surface area (Å²) in [6.45, 7) is 5.71. The highest BCUT2D eigenvalue weighted by Crippen LogP contribution is 2.33. The summed E-state index contributed by atoms with van der Waals surface area (Å²) in [6.07, 6.45) is 1.99. The summed E-state index contributed by atoms with van der Waals surface area (Å²) in [6, 6.07) is 3.38. The number of anilines is 2. The molecule has 0 bridgehead atoms. The maximum absolute atomic E-state index is 13.6. The molecule has 1 atom stereocenters. The number of aryl methyl sites for hydroxylation is 1. The predicted molar refractivity (Wildman–Crippen MR) is 109 cm³/mol. The first-order valence-corrected chi connectivity index (χ1v) is 9.21. The van der Waals surface area contributed by atoms with Crippen LogP contribution < -0.4 is 16.0 Å². The van der Waals surface area contributed by atoms with Crippen LogP contribution in [0.1, 0.15) is 31.2 Å². The number of carbonyl (C=O) groups is 2. The zero-order valence-corrected chi connectivity index (χ0v) is 16.9. The molecule has 0 radical (unpaired) electrons. The van der Waals surface area contributed by atoms with Gasteiger partial charge in [0, 0.05) is 10.9 Å². The van der Waals surface area contributed by atoms with Crippen LogP contribution in [-0.2, 0) is 4.74 Å². The van der Waals surface area contributed by atoms with E-state index in [0.29, 0.717) is 22.4 Å².